The Hall–Kier alpha value is -2.63. The molecule has 3 aromatic heterocycles. The fraction of sp³-hybridized carbons (Fsp3) is 0.0833. The van der Waals surface area contributed by atoms with Crippen LogP contribution in [0.15, 0.2) is 49.4 Å². The molecule has 3 aromatic rings. The van der Waals surface area contributed by atoms with Crippen LogP contribution < -0.4 is 5.32 Å². The molecule has 3 rings (SSSR count). The van der Waals surface area contributed by atoms with Crippen LogP contribution in [0.25, 0.3) is 5.82 Å². The average Bonchev–Trinajstić information content (AvgIpc) is 3.10. The third-order valence-electron chi connectivity index (χ3n) is 2.56. The van der Waals surface area contributed by atoms with Gasteiger partial charge in [0.05, 0.1) is 11.9 Å². The summed E-state index contributed by atoms with van der Waals surface area (Å²) in [5.41, 5.74) is 2.18. The Morgan fingerprint density at radius 3 is 2.94 bits per heavy atom. The van der Waals surface area contributed by atoms with Gasteiger partial charge in [-0.3, -0.25) is 0 Å². The van der Waals surface area contributed by atoms with Gasteiger partial charge in [0.2, 0.25) is 0 Å². The zero-order valence-corrected chi connectivity index (χ0v) is 9.61. The second-order valence-electron chi connectivity index (χ2n) is 3.82. The number of hydrogen-bond donors (Lipinski definition) is 2. The molecule has 90 valence electrons. The molecule has 0 bridgehead atoms. The molecule has 6 nitrogen and oxygen atoms in total. The van der Waals surface area contributed by atoms with E-state index >= 15 is 0 Å². The van der Waals surface area contributed by atoms with E-state index in [2.05, 4.69) is 25.4 Å². The van der Waals surface area contributed by atoms with E-state index in [4.69, 9.17) is 0 Å². The zero-order chi connectivity index (χ0) is 12.2. The van der Waals surface area contributed by atoms with Crippen molar-refractivity contribution in [3.05, 3.63) is 55.0 Å². The van der Waals surface area contributed by atoms with Crippen LogP contribution in [0, 0.1) is 0 Å². The summed E-state index contributed by atoms with van der Waals surface area (Å²) in [5.74, 6) is 0.750. The van der Waals surface area contributed by atoms with Crippen LogP contribution in [0.1, 0.15) is 5.56 Å². The van der Waals surface area contributed by atoms with Crippen molar-refractivity contribution < 1.29 is 0 Å². The second-order valence-corrected chi connectivity index (χ2v) is 3.82. The standard InChI is InChI=1S/C12H12N6/c1-2-12(18-9-14-8-17-18)16-7-11(1)15-6-10-3-4-13-5-10/h1-5,7-9,13,15H,6H2. The average molecular weight is 240 g/mol. The fourth-order valence-corrected chi connectivity index (χ4v) is 1.63. The van der Waals surface area contributed by atoms with Gasteiger partial charge in [0.1, 0.15) is 12.7 Å². The molecule has 0 saturated carbocycles. The number of H-pyrrole nitrogens is 1. The maximum absolute atomic E-state index is 4.31. The lowest BCUT2D eigenvalue weighted by Gasteiger charge is -2.05. The zero-order valence-electron chi connectivity index (χ0n) is 9.61. The normalized spacial score (nSPS) is 10.4. The molecule has 2 N–H and O–H groups in total. The summed E-state index contributed by atoms with van der Waals surface area (Å²) in [7, 11) is 0. The molecule has 0 radical (unpaired) electrons. The van der Waals surface area contributed by atoms with Gasteiger partial charge in [-0.2, -0.15) is 5.10 Å². The molecule has 0 aliphatic heterocycles. The first-order valence-corrected chi connectivity index (χ1v) is 5.58. The summed E-state index contributed by atoms with van der Waals surface area (Å²) in [6.07, 6.45) is 8.76. The quantitative estimate of drug-likeness (QED) is 0.726. The Morgan fingerprint density at radius 2 is 2.28 bits per heavy atom. The SMILES string of the molecule is c1ncn(-c2ccc(NCc3cc[nH]c3)cn2)n1. The molecule has 0 atom stereocenters. The highest BCUT2D eigenvalue weighted by Crippen LogP contribution is 2.10. The summed E-state index contributed by atoms with van der Waals surface area (Å²) in [5, 5.41) is 7.31. The van der Waals surface area contributed by atoms with E-state index in [0.717, 1.165) is 18.1 Å². The van der Waals surface area contributed by atoms with E-state index in [-0.39, 0.29) is 0 Å². The molecule has 0 spiro atoms. The maximum atomic E-state index is 4.31. The number of nitrogens with one attached hydrogen (secondary N) is 2. The molecule has 0 unspecified atom stereocenters. The van der Waals surface area contributed by atoms with Crippen LogP contribution in [0.2, 0.25) is 0 Å². The number of nitrogens with zero attached hydrogens (tertiary/aromatic N) is 4. The van der Waals surface area contributed by atoms with Crippen molar-refractivity contribution in [1.82, 2.24) is 24.7 Å². The Kier molecular flexibility index (Phi) is 2.75. The lowest BCUT2D eigenvalue weighted by molar-refractivity contribution is 0.845. The molecule has 6 heteroatoms. The second kappa shape index (κ2) is 4.70. The first-order chi connectivity index (χ1) is 8.92. The predicted molar refractivity (Wildman–Crippen MR) is 67.3 cm³/mol. The third kappa shape index (κ3) is 2.22. The van der Waals surface area contributed by atoms with E-state index in [1.54, 1.807) is 17.2 Å². The lowest BCUT2D eigenvalue weighted by atomic mass is 10.3. The molecular formula is C12H12N6. The van der Waals surface area contributed by atoms with Crippen molar-refractivity contribution in [2.24, 2.45) is 0 Å². The summed E-state index contributed by atoms with van der Waals surface area (Å²) in [6.45, 7) is 0.772. The van der Waals surface area contributed by atoms with Crippen molar-refractivity contribution in [1.29, 1.82) is 0 Å². The summed E-state index contributed by atoms with van der Waals surface area (Å²) in [6, 6.07) is 5.90. The van der Waals surface area contributed by atoms with E-state index in [0.29, 0.717) is 0 Å². The molecule has 18 heavy (non-hydrogen) atoms. The van der Waals surface area contributed by atoms with Crippen LogP contribution in [-0.2, 0) is 6.54 Å². The monoisotopic (exact) mass is 240 g/mol. The number of aromatic nitrogens is 5. The van der Waals surface area contributed by atoms with E-state index in [1.807, 2.05) is 30.6 Å². The first kappa shape index (κ1) is 10.5. The van der Waals surface area contributed by atoms with Gasteiger partial charge >= 0.3 is 0 Å². The van der Waals surface area contributed by atoms with Gasteiger partial charge in [-0.1, -0.05) is 0 Å². The van der Waals surface area contributed by atoms with Gasteiger partial charge in [0, 0.05) is 18.9 Å². The topological polar surface area (TPSA) is 71.4 Å². The van der Waals surface area contributed by atoms with Crippen molar-refractivity contribution in [2.75, 3.05) is 5.32 Å². The number of pyridine rings is 1. The van der Waals surface area contributed by atoms with Gasteiger partial charge < -0.3 is 10.3 Å². The minimum absolute atomic E-state index is 0.750. The Balaban J connectivity index is 1.68. The number of hydrogen-bond acceptors (Lipinski definition) is 4. The van der Waals surface area contributed by atoms with Gasteiger partial charge in [0.15, 0.2) is 5.82 Å². The van der Waals surface area contributed by atoms with Crippen LogP contribution in [0.5, 0.6) is 0 Å². The van der Waals surface area contributed by atoms with Gasteiger partial charge in [-0.25, -0.2) is 14.6 Å². The Bertz CT molecular complexity index is 582. The van der Waals surface area contributed by atoms with Crippen LogP contribution in [0.3, 0.4) is 0 Å². The predicted octanol–water partition coefficient (Wildman–Crippen LogP) is 1.60. The molecular weight excluding hydrogens is 228 g/mol. The van der Waals surface area contributed by atoms with Gasteiger partial charge in [-0.15, -0.1) is 0 Å². The molecule has 0 fully saturated rings. The molecule has 0 amide bonds. The minimum atomic E-state index is 0.750. The lowest BCUT2D eigenvalue weighted by Crippen LogP contribution is -2.01. The van der Waals surface area contributed by atoms with Crippen molar-refractivity contribution in [3.63, 3.8) is 0 Å². The van der Waals surface area contributed by atoms with Crippen molar-refractivity contribution >= 4 is 5.69 Å². The Morgan fingerprint density at radius 1 is 1.28 bits per heavy atom. The molecule has 0 aromatic carbocycles. The maximum Gasteiger partial charge on any atom is 0.155 e. The highest BCUT2D eigenvalue weighted by molar-refractivity contribution is 5.43. The molecule has 0 aliphatic rings. The van der Waals surface area contributed by atoms with Crippen molar-refractivity contribution in [2.45, 2.75) is 6.54 Å². The number of anilines is 1. The summed E-state index contributed by atoms with van der Waals surface area (Å²) >= 11 is 0. The number of aromatic amines is 1. The van der Waals surface area contributed by atoms with E-state index in [1.165, 1.54) is 11.9 Å². The highest BCUT2D eigenvalue weighted by atomic mass is 15.3. The number of rotatable bonds is 4. The largest absolute Gasteiger partial charge is 0.380 e. The highest BCUT2D eigenvalue weighted by Gasteiger charge is 1.99. The molecule has 0 saturated heterocycles. The van der Waals surface area contributed by atoms with Crippen LogP contribution >= 0.6 is 0 Å². The summed E-state index contributed by atoms with van der Waals surface area (Å²) in [4.78, 5) is 11.2. The minimum Gasteiger partial charge on any atom is -0.380 e. The molecule has 0 aliphatic carbocycles. The summed E-state index contributed by atoms with van der Waals surface area (Å²) < 4.78 is 1.62. The van der Waals surface area contributed by atoms with Gasteiger partial charge in [0.25, 0.3) is 0 Å². The van der Waals surface area contributed by atoms with E-state index < -0.39 is 0 Å². The first-order valence-electron chi connectivity index (χ1n) is 5.58. The fourth-order valence-electron chi connectivity index (χ4n) is 1.63. The van der Waals surface area contributed by atoms with Gasteiger partial charge in [-0.05, 0) is 23.8 Å². The van der Waals surface area contributed by atoms with Crippen LogP contribution in [0.4, 0.5) is 5.69 Å². The molecule has 3 heterocycles. The smallest absolute Gasteiger partial charge is 0.155 e. The van der Waals surface area contributed by atoms with Crippen molar-refractivity contribution in [3.8, 4) is 5.82 Å². The third-order valence-corrected chi connectivity index (χ3v) is 2.56. The Labute approximate surface area is 104 Å². The van der Waals surface area contributed by atoms with E-state index in [9.17, 15) is 0 Å². The van der Waals surface area contributed by atoms with Crippen LogP contribution in [-0.4, -0.2) is 24.7 Å².